The molecule has 84 heavy (non-hydrogen) atoms. The Kier molecular flexibility index (Phi) is 58.6. The molecule has 0 saturated carbocycles. The molecule has 0 rings (SSSR count). The summed E-state index contributed by atoms with van der Waals surface area (Å²) in [5, 5.41) is 10.5. The van der Waals surface area contributed by atoms with Gasteiger partial charge in [-0.1, -0.05) is 285 Å². The standard InChI is InChI=1S/C65H126O17P2/c1-5-9-13-17-21-24-26-27-28-29-30-31-32-33-34-36-40-44-48-52-65(70)82-61(56-76-63(68)50-46-42-39-35-25-22-18-14-10-6-2)58-80-84(73,74)78-54-59(66)53-77-83(71,72)79-57-60(55-75-62(67)49-45-41-37-20-16-12-8-4)81-64(69)51-47-43-38-23-19-15-11-7-3/h59-61,66H,5-58H2,1-4H3,(H,71,72)(H,73,74)/t59-,60+,61+/m0/s1. The zero-order chi connectivity index (χ0) is 61.9. The molecule has 0 aromatic heterocycles. The van der Waals surface area contributed by atoms with E-state index in [2.05, 4.69) is 27.7 Å². The summed E-state index contributed by atoms with van der Waals surface area (Å²) in [6.07, 6.45) is 46.1. The number of hydrogen-bond acceptors (Lipinski definition) is 15. The lowest BCUT2D eigenvalue weighted by Crippen LogP contribution is -2.30. The lowest BCUT2D eigenvalue weighted by molar-refractivity contribution is -0.161. The Morgan fingerprint density at radius 2 is 0.476 bits per heavy atom. The molecule has 0 radical (unpaired) electrons. The number of esters is 4. The SMILES string of the molecule is CCCCCCCCCCCCCCCCCCCCCC(=O)O[C@H](COC(=O)CCCCCCCCCCCC)COP(=O)(O)OC[C@@H](O)COP(=O)(O)OC[C@@H](COC(=O)CCCCCCCCC)OC(=O)CCCCCCCCCC. The molecule has 0 bridgehead atoms. The van der Waals surface area contributed by atoms with Crippen LogP contribution in [0.25, 0.3) is 0 Å². The highest BCUT2D eigenvalue weighted by Gasteiger charge is 2.30. The van der Waals surface area contributed by atoms with Gasteiger partial charge in [-0.2, -0.15) is 0 Å². The van der Waals surface area contributed by atoms with Crippen LogP contribution in [0.4, 0.5) is 0 Å². The summed E-state index contributed by atoms with van der Waals surface area (Å²) in [5.74, 6) is -2.14. The van der Waals surface area contributed by atoms with E-state index in [0.29, 0.717) is 25.7 Å². The third kappa shape index (κ3) is 59.0. The molecular weight excluding hydrogens is 1110 g/mol. The average molecular weight is 1240 g/mol. The van der Waals surface area contributed by atoms with E-state index < -0.39 is 97.5 Å². The predicted octanol–water partition coefficient (Wildman–Crippen LogP) is 18.3. The number of carbonyl (C=O) groups is 4. The lowest BCUT2D eigenvalue weighted by atomic mass is 10.0. The summed E-state index contributed by atoms with van der Waals surface area (Å²) < 4.78 is 67.8. The topological polar surface area (TPSA) is 237 Å². The van der Waals surface area contributed by atoms with Gasteiger partial charge >= 0.3 is 39.5 Å². The Labute approximate surface area is 511 Å². The maximum absolute atomic E-state index is 13.0. The van der Waals surface area contributed by atoms with Crippen LogP contribution in [0.3, 0.4) is 0 Å². The minimum atomic E-state index is -4.94. The third-order valence-electron chi connectivity index (χ3n) is 15.1. The number of carbonyl (C=O) groups excluding carboxylic acids is 4. The minimum Gasteiger partial charge on any atom is -0.462 e. The van der Waals surface area contributed by atoms with Crippen LogP contribution in [0.2, 0.25) is 0 Å². The van der Waals surface area contributed by atoms with Gasteiger partial charge in [0.1, 0.15) is 19.3 Å². The van der Waals surface area contributed by atoms with Gasteiger partial charge in [-0.25, -0.2) is 9.13 Å². The summed E-state index contributed by atoms with van der Waals surface area (Å²) in [4.78, 5) is 72.0. The molecule has 0 saturated heterocycles. The summed E-state index contributed by atoms with van der Waals surface area (Å²) in [6.45, 7) is 4.83. The molecule has 0 aromatic rings. The number of ether oxygens (including phenoxy) is 4. The van der Waals surface area contributed by atoms with Gasteiger partial charge in [-0.3, -0.25) is 37.3 Å². The van der Waals surface area contributed by atoms with Crippen molar-refractivity contribution in [2.75, 3.05) is 39.6 Å². The Hall–Kier alpha value is -1.94. The van der Waals surface area contributed by atoms with Crippen LogP contribution < -0.4 is 0 Å². The number of phosphoric ester groups is 2. The first-order valence-corrected chi connectivity index (χ1v) is 37.3. The lowest BCUT2D eigenvalue weighted by Gasteiger charge is -2.21. The van der Waals surface area contributed by atoms with Crippen LogP contribution in [0.5, 0.6) is 0 Å². The van der Waals surface area contributed by atoms with Crippen LogP contribution in [0, 0.1) is 0 Å². The number of hydrogen-bond donors (Lipinski definition) is 3. The molecule has 0 aromatic carbocycles. The largest absolute Gasteiger partial charge is 0.472 e. The van der Waals surface area contributed by atoms with Gasteiger partial charge in [0.2, 0.25) is 0 Å². The number of unbranched alkanes of at least 4 members (excludes halogenated alkanes) is 40. The molecule has 0 heterocycles. The molecule has 0 fully saturated rings. The van der Waals surface area contributed by atoms with E-state index in [1.54, 1.807) is 0 Å². The first kappa shape index (κ1) is 82.1. The molecular formula is C65H126O17P2. The van der Waals surface area contributed by atoms with Crippen LogP contribution >= 0.6 is 15.6 Å². The highest BCUT2D eigenvalue weighted by Crippen LogP contribution is 2.45. The smallest absolute Gasteiger partial charge is 0.462 e. The molecule has 0 aliphatic heterocycles. The Morgan fingerprint density at radius 1 is 0.286 bits per heavy atom. The highest BCUT2D eigenvalue weighted by molar-refractivity contribution is 7.47. The fraction of sp³-hybridized carbons (Fsp3) is 0.938. The molecule has 3 N–H and O–H groups in total. The van der Waals surface area contributed by atoms with Crippen molar-refractivity contribution in [2.45, 2.75) is 354 Å². The van der Waals surface area contributed by atoms with Crippen molar-refractivity contribution < 1.29 is 80.2 Å². The first-order chi connectivity index (χ1) is 40.7. The number of aliphatic hydroxyl groups is 1. The van der Waals surface area contributed by atoms with E-state index in [9.17, 15) is 43.2 Å². The van der Waals surface area contributed by atoms with E-state index in [4.69, 9.17) is 37.0 Å². The van der Waals surface area contributed by atoms with Crippen molar-refractivity contribution in [3.63, 3.8) is 0 Å². The highest BCUT2D eigenvalue weighted by atomic mass is 31.2. The summed E-state index contributed by atoms with van der Waals surface area (Å²) in [6, 6.07) is 0. The molecule has 0 aliphatic rings. The van der Waals surface area contributed by atoms with Gasteiger partial charge in [0.05, 0.1) is 26.4 Å². The van der Waals surface area contributed by atoms with E-state index in [-0.39, 0.29) is 25.7 Å². The molecule has 0 aliphatic carbocycles. The van der Waals surface area contributed by atoms with E-state index in [1.165, 1.54) is 148 Å². The predicted molar refractivity (Wildman–Crippen MR) is 335 cm³/mol. The van der Waals surface area contributed by atoms with Crippen LogP contribution in [0.1, 0.15) is 336 Å². The number of phosphoric acid groups is 2. The third-order valence-corrected chi connectivity index (χ3v) is 17.0. The van der Waals surface area contributed by atoms with Gasteiger partial charge < -0.3 is 33.8 Å². The van der Waals surface area contributed by atoms with Crippen LogP contribution in [-0.2, 0) is 65.4 Å². The zero-order valence-corrected chi connectivity index (χ0v) is 55.7. The van der Waals surface area contributed by atoms with Gasteiger partial charge in [0, 0.05) is 25.7 Å². The fourth-order valence-electron chi connectivity index (χ4n) is 9.81. The van der Waals surface area contributed by atoms with Gasteiger partial charge in [0.25, 0.3) is 0 Å². The maximum atomic E-state index is 13.0. The van der Waals surface area contributed by atoms with E-state index >= 15 is 0 Å². The second-order valence-electron chi connectivity index (χ2n) is 23.5. The normalized spacial score (nSPS) is 14.1. The molecule has 498 valence electrons. The second kappa shape index (κ2) is 60.0. The summed E-state index contributed by atoms with van der Waals surface area (Å²) in [5.41, 5.74) is 0. The Morgan fingerprint density at radius 3 is 0.702 bits per heavy atom. The molecule has 0 amide bonds. The van der Waals surface area contributed by atoms with Crippen molar-refractivity contribution >= 4 is 39.5 Å². The molecule has 0 spiro atoms. The number of rotatable bonds is 66. The maximum Gasteiger partial charge on any atom is 0.472 e. The van der Waals surface area contributed by atoms with Crippen molar-refractivity contribution in [1.29, 1.82) is 0 Å². The quantitative estimate of drug-likeness (QED) is 0.0222. The zero-order valence-electron chi connectivity index (χ0n) is 53.9. The molecule has 5 atom stereocenters. The Balaban J connectivity index is 5.12. The monoisotopic (exact) mass is 1240 g/mol. The summed E-state index contributed by atoms with van der Waals surface area (Å²) >= 11 is 0. The Bertz CT molecular complexity index is 1620. The van der Waals surface area contributed by atoms with Crippen molar-refractivity contribution in [3.8, 4) is 0 Å². The van der Waals surface area contributed by atoms with Crippen LogP contribution in [-0.4, -0.2) is 96.7 Å². The van der Waals surface area contributed by atoms with Gasteiger partial charge in [0.15, 0.2) is 12.2 Å². The van der Waals surface area contributed by atoms with Gasteiger partial charge in [-0.05, 0) is 25.7 Å². The average Bonchev–Trinajstić information content (AvgIpc) is 3.58. The van der Waals surface area contributed by atoms with Gasteiger partial charge in [-0.15, -0.1) is 0 Å². The van der Waals surface area contributed by atoms with Crippen LogP contribution in [0.15, 0.2) is 0 Å². The summed E-state index contributed by atoms with van der Waals surface area (Å²) in [7, 11) is -9.88. The van der Waals surface area contributed by atoms with Crippen molar-refractivity contribution in [1.82, 2.24) is 0 Å². The van der Waals surface area contributed by atoms with E-state index in [0.717, 1.165) is 109 Å². The molecule has 17 nitrogen and oxygen atoms in total. The first-order valence-electron chi connectivity index (χ1n) is 34.3. The minimum absolute atomic E-state index is 0.105. The van der Waals surface area contributed by atoms with E-state index in [1.807, 2.05) is 0 Å². The second-order valence-corrected chi connectivity index (χ2v) is 26.4. The molecule has 2 unspecified atom stereocenters. The molecule has 19 heteroatoms. The van der Waals surface area contributed by atoms with Crippen molar-refractivity contribution in [2.24, 2.45) is 0 Å². The van der Waals surface area contributed by atoms with Crippen molar-refractivity contribution in [3.05, 3.63) is 0 Å². The fourth-order valence-corrected chi connectivity index (χ4v) is 11.4. The number of aliphatic hydroxyl groups excluding tert-OH is 1.